The third kappa shape index (κ3) is 5.50. The number of hydrogen-bond acceptors (Lipinski definition) is 7. The normalized spacial score (nSPS) is 11.3. The first kappa shape index (κ1) is 14.3. The van der Waals surface area contributed by atoms with E-state index < -0.39 is 12.8 Å². The highest BCUT2D eigenvalue weighted by Crippen LogP contribution is 2.14. The Hall–Kier alpha value is -1.81. The summed E-state index contributed by atoms with van der Waals surface area (Å²) in [6, 6.07) is 1.46. The lowest BCUT2D eigenvalue weighted by molar-refractivity contribution is -0.172. The molecule has 0 saturated carbocycles. The number of hydrazine groups is 1. The van der Waals surface area contributed by atoms with E-state index in [1.807, 2.05) is 0 Å². The molecule has 102 valence electrons. The molecule has 1 heterocycles. The Bertz CT molecular complexity index is 386. The average Bonchev–Trinajstić information content (AvgIpc) is 2.26. The summed E-state index contributed by atoms with van der Waals surface area (Å²) in [7, 11) is 0. The van der Waals surface area contributed by atoms with Gasteiger partial charge in [-0.1, -0.05) is 0 Å². The molecule has 10 heteroatoms. The molecule has 0 aliphatic heterocycles. The van der Waals surface area contributed by atoms with Crippen molar-refractivity contribution in [3.63, 3.8) is 0 Å². The Balaban J connectivity index is 2.33. The van der Waals surface area contributed by atoms with Crippen LogP contribution in [0.4, 0.5) is 30.8 Å². The van der Waals surface area contributed by atoms with Crippen LogP contribution in [0.5, 0.6) is 0 Å². The Kier molecular flexibility index (Phi) is 4.92. The quantitative estimate of drug-likeness (QED) is 0.333. The van der Waals surface area contributed by atoms with Gasteiger partial charge in [-0.2, -0.15) is 23.1 Å². The maximum Gasteiger partial charge on any atom is 0.411 e. The maximum atomic E-state index is 11.8. The molecule has 0 atom stereocenters. The van der Waals surface area contributed by atoms with Crippen LogP contribution in [-0.2, 0) is 4.74 Å². The third-order valence-corrected chi connectivity index (χ3v) is 1.71. The summed E-state index contributed by atoms with van der Waals surface area (Å²) in [5, 5.41) is 2.73. The van der Waals surface area contributed by atoms with E-state index in [4.69, 9.17) is 11.6 Å². The fraction of sp³-hybridized carbons (Fsp3) is 0.500. The first-order valence-electron chi connectivity index (χ1n) is 4.90. The van der Waals surface area contributed by atoms with E-state index >= 15 is 0 Å². The van der Waals surface area contributed by atoms with Gasteiger partial charge in [0.1, 0.15) is 18.2 Å². The van der Waals surface area contributed by atoms with Gasteiger partial charge in [0.2, 0.25) is 5.95 Å². The number of alkyl halides is 3. The Morgan fingerprint density at radius 2 is 1.94 bits per heavy atom. The minimum absolute atomic E-state index is 0.0100. The second-order valence-corrected chi connectivity index (χ2v) is 3.24. The smallest absolute Gasteiger partial charge is 0.370 e. The number of halogens is 3. The van der Waals surface area contributed by atoms with Crippen LogP contribution in [0, 0.1) is 0 Å². The Morgan fingerprint density at radius 3 is 2.56 bits per heavy atom. The van der Waals surface area contributed by atoms with Crippen molar-refractivity contribution in [1.82, 2.24) is 9.97 Å². The molecule has 1 aromatic rings. The molecule has 0 radical (unpaired) electrons. The number of rotatable bonds is 6. The molecule has 0 amide bonds. The van der Waals surface area contributed by atoms with Gasteiger partial charge in [-0.15, -0.1) is 0 Å². The fourth-order valence-electron chi connectivity index (χ4n) is 1.07. The number of anilines is 3. The van der Waals surface area contributed by atoms with Gasteiger partial charge in [0.15, 0.2) is 0 Å². The van der Waals surface area contributed by atoms with E-state index in [0.29, 0.717) is 11.6 Å². The second kappa shape index (κ2) is 6.21. The highest BCUT2D eigenvalue weighted by molar-refractivity contribution is 5.50. The predicted molar refractivity (Wildman–Crippen MR) is 59.6 cm³/mol. The molecule has 18 heavy (non-hydrogen) atoms. The van der Waals surface area contributed by atoms with Crippen molar-refractivity contribution in [2.24, 2.45) is 5.84 Å². The largest absolute Gasteiger partial charge is 0.411 e. The fourth-order valence-corrected chi connectivity index (χ4v) is 1.07. The van der Waals surface area contributed by atoms with Crippen LogP contribution >= 0.6 is 0 Å². The van der Waals surface area contributed by atoms with Gasteiger partial charge in [-0.05, 0) is 0 Å². The molecule has 1 rings (SSSR count). The van der Waals surface area contributed by atoms with Crippen molar-refractivity contribution in [2.45, 2.75) is 6.18 Å². The van der Waals surface area contributed by atoms with Crippen molar-refractivity contribution >= 4 is 17.6 Å². The summed E-state index contributed by atoms with van der Waals surface area (Å²) in [5.74, 6) is 5.76. The molecule has 0 aliphatic carbocycles. The van der Waals surface area contributed by atoms with Crippen molar-refractivity contribution in [1.29, 1.82) is 0 Å². The lowest BCUT2D eigenvalue weighted by Gasteiger charge is -2.09. The molecular formula is C8H13F3N6O. The number of ether oxygens (including phenoxy) is 1. The molecule has 0 spiro atoms. The summed E-state index contributed by atoms with van der Waals surface area (Å²) in [6.07, 6.45) is -4.32. The van der Waals surface area contributed by atoms with E-state index in [0.717, 1.165) is 0 Å². The van der Waals surface area contributed by atoms with Crippen LogP contribution in [0.25, 0.3) is 0 Å². The van der Waals surface area contributed by atoms with Crippen molar-refractivity contribution in [3.8, 4) is 0 Å². The van der Waals surface area contributed by atoms with E-state index in [9.17, 15) is 13.2 Å². The number of nitrogens with zero attached hydrogens (tertiary/aromatic N) is 2. The van der Waals surface area contributed by atoms with Gasteiger partial charge >= 0.3 is 6.18 Å². The molecule has 0 unspecified atom stereocenters. The molecule has 0 aromatic carbocycles. The molecule has 0 saturated heterocycles. The van der Waals surface area contributed by atoms with Gasteiger partial charge in [-0.25, -0.2) is 5.84 Å². The van der Waals surface area contributed by atoms with Gasteiger partial charge in [-0.3, -0.25) is 0 Å². The average molecular weight is 266 g/mol. The Labute approximate surface area is 101 Å². The predicted octanol–water partition coefficient (Wildman–Crippen LogP) is 0.335. The summed E-state index contributed by atoms with van der Waals surface area (Å²) < 4.78 is 39.7. The zero-order chi connectivity index (χ0) is 13.6. The zero-order valence-corrected chi connectivity index (χ0v) is 9.29. The van der Waals surface area contributed by atoms with Crippen molar-refractivity contribution in [3.05, 3.63) is 6.07 Å². The SMILES string of the molecule is NNc1cc(NCCOCC(F)(F)F)nc(N)n1. The second-order valence-electron chi connectivity index (χ2n) is 3.24. The highest BCUT2D eigenvalue weighted by Gasteiger charge is 2.27. The van der Waals surface area contributed by atoms with Gasteiger partial charge in [0.25, 0.3) is 0 Å². The topological polar surface area (TPSA) is 111 Å². The number of nitrogens with one attached hydrogen (secondary N) is 2. The molecule has 7 nitrogen and oxygen atoms in total. The third-order valence-electron chi connectivity index (χ3n) is 1.71. The number of nitrogens with two attached hydrogens (primary N) is 2. The summed E-state index contributed by atoms with van der Waals surface area (Å²) in [5.41, 5.74) is 7.66. The first-order valence-corrected chi connectivity index (χ1v) is 4.90. The van der Waals surface area contributed by atoms with Gasteiger partial charge < -0.3 is 21.2 Å². The number of aromatic nitrogens is 2. The Morgan fingerprint density at radius 1 is 1.28 bits per heavy atom. The van der Waals surface area contributed by atoms with E-state index in [1.54, 1.807) is 0 Å². The lowest BCUT2D eigenvalue weighted by Crippen LogP contribution is -2.20. The van der Waals surface area contributed by atoms with E-state index in [-0.39, 0.29) is 19.1 Å². The van der Waals surface area contributed by atoms with E-state index in [2.05, 4.69) is 25.4 Å². The van der Waals surface area contributed by atoms with E-state index in [1.165, 1.54) is 6.07 Å². The van der Waals surface area contributed by atoms with Crippen molar-refractivity contribution in [2.75, 3.05) is 36.2 Å². The summed E-state index contributed by atoms with van der Waals surface area (Å²) in [4.78, 5) is 7.55. The summed E-state index contributed by atoms with van der Waals surface area (Å²) in [6.45, 7) is -1.25. The molecule has 0 aliphatic rings. The van der Waals surface area contributed by atoms with Crippen LogP contribution in [0.3, 0.4) is 0 Å². The van der Waals surface area contributed by atoms with Crippen molar-refractivity contribution < 1.29 is 17.9 Å². The van der Waals surface area contributed by atoms with Crippen LogP contribution in [0.1, 0.15) is 0 Å². The lowest BCUT2D eigenvalue weighted by atomic mass is 10.5. The monoisotopic (exact) mass is 266 g/mol. The van der Waals surface area contributed by atoms with Crippen LogP contribution in [0.15, 0.2) is 6.07 Å². The maximum absolute atomic E-state index is 11.8. The number of nitrogen functional groups attached to an aromatic ring is 2. The molecular weight excluding hydrogens is 253 g/mol. The molecule has 0 fully saturated rings. The molecule has 0 bridgehead atoms. The molecule has 6 N–H and O–H groups in total. The van der Waals surface area contributed by atoms with Gasteiger partial charge in [0, 0.05) is 12.6 Å². The zero-order valence-electron chi connectivity index (χ0n) is 9.29. The van der Waals surface area contributed by atoms with Gasteiger partial charge in [0.05, 0.1) is 6.61 Å². The number of hydrogen-bond donors (Lipinski definition) is 4. The minimum atomic E-state index is -4.32. The first-order chi connectivity index (χ1) is 8.40. The minimum Gasteiger partial charge on any atom is -0.370 e. The summed E-state index contributed by atoms with van der Waals surface area (Å²) >= 11 is 0. The van der Waals surface area contributed by atoms with Crippen LogP contribution < -0.4 is 22.3 Å². The standard InChI is InChI=1S/C8H13F3N6O/c9-8(10,11)4-18-2-1-14-5-3-6(17-13)16-7(12)15-5/h3H,1-2,4,13H2,(H4,12,14,15,16,17). The van der Waals surface area contributed by atoms with Crippen LogP contribution in [0.2, 0.25) is 0 Å². The van der Waals surface area contributed by atoms with Crippen LogP contribution in [-0.4, -0.2) is 35.9 Å². The molecule has 1 aromatic heterocycles. The highest BCUT2D eigenvalue weighted by atomic mass is 19.4.